The maximum atomic E-state index is 4.73. The molecule has 6 aliphatic rings. The van der Waals surface area contributed by atoms with Crippen molar-refractivity contribution in [3.05, 3.63) is 115 Å². The Morgan fingerprint density at radius 3 is 0.828 bits per heavy atom. The van der Waals surface area contributed by atoms with Crippen LogP contribution in [0.5, 0.6) is 0 Å². The third-order valence-corrected chi connectivity index (χ3v) is 35.4. The Kier molecular flexibility index (Phi) is 25.5. The van der Waals surface area contributed by atoms with Crippen molar-refractivity contribution >= 4 is 286 Å². The zero-order valence-electron chi connectivity index (χ0n) is 30.7. The highest BCUT2D eigenvalue weighted by Gasteiger charge is 2.27. The van der Waals surface area contributed by atoms with Gasteiger partial charge in [-0.25, -0.2) is 0 Å². The lowest BCUT2D eigenvalue weighted by atomic mass is 10.6. The van der Waals surface area contributed by atoms with Gasteiger partial charge in [-0.2, -0.15) is 50.5 Å². The summed E-state index contributed by atoms with van der Waals surface area (Å²) in [5, 5.41) is 1.93. The molecule has 0 spiro atoms. The van der Waals surface area contributed by atoms with Gasteiger partial charge in [0.1, 0.15) is 0 Å². The number of thiol groups is 4. The highest BCUT2D eigenvalue weighted by atomic mass is 32.3. The smallest absolute Gasteiger partial charge is 0.0668 e. The summed E-state index contributed by atoms with van der Waals surface area (Å²) >= 11 is 56.5. The van der Waals surface area contributed by atoms with Crippen molar-refractivity contribution in [2.45, 2.75) is 0 Å². The maximum Gasteiger partial charge on any atom is 0.0668 e. The van der Waals surface area contributed by atoms with E-state index < -0.39 is 0 Å². The molecule has 0 bridgehead atoms. The van der Waals surface area contributed by atoms with Crippen molar-refractivity contribution < 1.29 is 0 Å². The highest BCUT2D eigenvalue weighted by Crippen LogP contribution is 2.63. The van der Waals surface area contributed by atoms with Crippen molar-refractivity contribution in [2.24, 2.45) is 0 Å². The van der Waals surface area contributed by atoms with Crippen LogP contribution < -0.4 is 0 Å². The largest absolute Gasteiger partial charge is 0.174 e. The Hall–Kier alpha value is 5.28. The van der Waals surface area contributed by atoms with Crippen LogP contribution in [0.2, 0.25) is 0 Å². The lowest BCUT2D eigenvalue weighted by molar-refractivity contribution is 1.61. The molecule has 0 N–H and O–H groups in total. The van der Waals surface area contributed by atoms with Gasteiger partial charge in [0.2, 0.25) is 0 Å². The van der Waals surface area contributed by atoms with E-state index in [0.717, 1.165) is 33.2 Å². The summed E-state index contributed by atoms with van der Waals surface area (Å²) in [5.74, 6) is 3.06. The van der Waals surface area contributed by atoms with Gasteiger partial charge in [-0.05, 0) is 61.5 Å². The quantitative estimate of drug-likeness (QED) is 0.0716. The Balaban J connectivity index is 1.08. The molecule has 0 aromatic rings. The van der Waals surface area contributed by atoms with E-state index in [1.54, 1.807) is 0 Å². The van der Waals surface area contributed by atoms with Crippen molar-refractivity contribution in [1.82, 2.24) is 0 Å². The number of hydrogen-bond acceptors (Lipinski definition) is 24. The van der Waals surface area contributed by atoms with E-state index in [-0.39, 0.29) is 0 Å². The standard InChI is InChI=1S/C34H34S24/c1-39-29-30(40-2)54-24(53-29)9-6-22-49-19(13-37)27(51-22)43-15-45-33-34(58-26(57-33)8-5-21-47-17(11-35)18(12-36)48-21)46-16-44-28-20(14-38)50-23(52-28)7-10-25-55-31(41-3)32(42-4)56-25/h5-10,35-38H,11-16H2,1-4H3/b22-6+,23-7?,26-8-. The lowest BCUT2D eigenvalue weighted by Crippen LogP contribution is -1.80. The van der Waals surface area contributed by atoms with Crippen LogP contribution in [0.15, 0.2) is 115 Å². The molecular weight excluding hydrogens is 1180 g/mol. The second-order valence-corrected chi connectivity index (χ2v) is 36.2. The summed E-state index contributed by atoms with van der Waals surface area (Å²) in [6, 6.07) is 0. The Morgan fingerprint density at radius 2 is 0.534 bits per heavy atom. The van der Waals surface area contributed by atoms with Crippen molar-refractivity contribution in [2.75, 3.05) is 58.2 Å². The summed E-state index contributed by atoms with van der Waals surface area (Å²) in [7, 11) is 0. The molecule has 24 heteroatoms. The molecule has 6 heterocycles. The van der Waals surface area contributed by atoms with Crippen LogP contribution in [0.3, 0.4) is 0 Å². The molecule has 0 saturated heterocycles. The van der Waals surface area contributed by atoms with Crippen molar-refractivity contribution in [3.63, 3.8) is 0 Å². The molecule has 0 radical (unpaired) electrons. The lowest BCUT2D eigenvalue weighted by Gasteiger charge is -2.07. The number of allylic oxidation sites excluding steroid dienone is 6. The van der Waals surface area contributed by atoms with Crippen molar-refractivity contribution in [3.8, 4) is 0 Å². The first-order chi connectivity index (χ1) is 28.3. The highest BCUT2D eigenvalue weighted by molar-refractivity contribution is 8.45. The minimum atomic E-state index is 0.763. The third-order valence-electron chi connectivity index (χ3n) is 6.85. The van der Waals surface area contributed by atoms with Gasteiger partial charge in [0.05, 0.1) is 55.1 Å². The molecule has 0 amide bonds. The van der Waals surface area contributed by atoms with Crippen LogP contribution in [0.4, 0.5) is 0 Å². The SMILES string of the molecule is CSC1=C(SC)SC(=CC=C2SC(CS)=C(SCSC3=C(SCSC4=C(CS)S/C(=C\C=C5SC(SC)=C(SC)S5)S4)S/C(=C/C=C4SC(CS)=C(CS)S4)S3)S2)S1. The Bertz CT molecular complexity index is 1800. The van der Waals surface area contributed by atoms with Crippen LogP contribution in [-0.2, 0) is 0 Å². The van der Waals surface area contributed by atoms with Gasteiger partial charge in [0.15, 0.2) is 0 Å². The summed E-state index contributed by atoms with van der Waals surface area (Å²) in [6.07, 6.45) is 22.5. The van der Waals surface area contributed by atoms with Crippen LogP contribution in [0.1, 0.15) is 0 Å². The minimum Gasteiger partial charge on any atom is -0.174 e. The first-order valence-electron chi connectivity index (χ1n) is 16.2. The molecule has 0 atom stereocenters. The normalized spacial score (nSPS) is 22.6. The molecule has 314 valence electrons. The van der Waals surface area contributed by atoms with Crippen LogP contribution >= 0.6 is 286 Å². The zero-order chi connectivity index (χ0) is 41.0. The molecule has 6 rings (SSSR count). The Morgan fingerprint density at radius 1 is 0.310 bits per heavy atom. The van der Waals surface area contributed by atoms with Crippen LogP contribution in [0.25, 0.3) is 0 Å². The molecule has 0 unspecified atom stereocenters. The fourth-order valence-electron chi connectivity index (χ4n) is 4.32. The minimum absolute atomic E-state index is 0.763. The molecule has 0 aromatic carbocycles. The molecule has 0 aromatic heterocycles. The second-order valence-electron chi connectivity index (χ2n) is 10.4. The van der Waals surface area contributed by atoms with E-state index in [4.69, 9.17) is 25.3 Å². The van der Waals surface area contributed by atoms with E-state index in [2.05, 4.69) is 86.7 Å². The first kappa shape index (κ1) is 52.6. The van der Waals surface area contributed by atoms with E-state index in [1.807, 2.05) is 235 Å². The van der Waals surface area contributed by atoms with Gasteiger partial charge in [-0.15, -0.1) is 94.1 Å². The third kappa shape index (κ3) is 15.4. The Labute approximate surface area is 452 Å². The second kappa shape index (κ2) is 28.1. The molecular formula is C34H34S24. The number of rotatable bonds is 19. The van der Waals surface area contributed by atoms with Crippen LogP contribution in [-0.4, -0.2) is 58.2 Å². The zero-order valence-corrected chi connectivity index (χ0v) is 50.6. The van der Waals surface area contributed by atoms with Gasteiger partial charge in [-0.3, -0.25) is 0 Å². The fraction of sp³-hybridized carbons (Fsp3) is 0.294. The summed E-state index contributed by atoms with van der Waals surface area (Å²) < 4.78 is 19.2. The average molecular weight is 1210 g/mol. The maximum absolute atomic E-state index is 4.73. The predicted octanol–water partition coefficient (Wildman–Crippen LogP) is 19.9. The molecule has 0 aliphatic carbocycles. The van der Waals surface area contributed by atoms with Gasteiger partial charge in [0, 0.05) is 57.0 Å². The van der Waals surface area contributed by atoms with E-state index in [1.165, 1.54) is 78.9 Å². The molecule has 6 aliphatic heterocycles. The van der Waals surface area contributed by atoms with Gasteiger partial charge < -0.3 is 0 Å². The summed E-state index contributed by atoms with van der Waals surface area (Å²) in [6.45, 7) is 0. The first-order valence-corrected chi connectivity index (χ1v) is 37.4. The summed E-state index contributed by atoms with van der Waals surface area (Å²) in [5.41, 5.74) is 0. The predicted molar refractivity (Wildman–Crippen MR) is 331 cm³/mol. The summed E-state index contributed by atoms with van der Waals surface area (Å²) in [4.78, 5) is 5.37. The number of hydrogen-bond donors (Lipinski definition) is 4. The van der Waals surface area contributed by atoms with Crippen molar-refractivity contribution in [1.29, 1.82) is 0 Å². The monoisotopic (exact) mass is 1210 g/mol. The molecule has 0 fully saturated rings. The van der Waals surface area contributed by atoms with E-state index in [9.17, 15) is 0 Å². The van der Waals surface area contributed by atoms with Gasteiger partial charge in [0.25, 0.3) is 0 Å². The van der Waals surface area contributed by atoms with Crippen LogP contribution in [0, 0.1) is 0 Å². The van der Waals surface area contributed by atoms with E-state index in [0.29, 0.717) is 0 Å². The number of thioether (sulfide) groups is 20. The molecule has 0 nitrogen and oxygen atoms in total. The van der Waals surface area contributed by atoms with E-state index >= 15 is 0 Å². The van der Waals surface area contributed by atoms with Gasteiger partial charge in [-0.1, -0.05) is 141 Å². The fourth-order valence-corrected chi connectivity index (χ4v) is 32.9. The van der Waals surface area contributed by atoms with Gasteiger partial charge >= 0.3 is 0 Å². The molecule has 58 heavy (non-hydrogen) atoms. The molecule has 0 saturated carbocycles. The topological polar surface area (TPSA) is 0 Å². The average Bonchev–Trinajstić information content (AvgIpc) is 4.11.